The lowest BCUT2D eigenvalue weighted by molar-refractivity contribution is -0.383. The van der Waals surface area contributed by atoms with Gasteiger partial charge in [-0.1, -0.05) is 18.9 Å². The minimum atomic E-state index is -0.393. The van der Waals surface area contributed by atoms with Crippen LogP contribution in [0.15, 0.2) is 24.4 Å². The van der Waals surface area contributed by atoms with Crippen LogP contribution in [0.25, 0.3) is 10.9 Å². The van der Waals surface area contributed by atoms with E-state index in [1.54, 1.807) is 13.3 Å². The maximum Gasteiger partial charge on any atom is 0.299 e. The van der Waals surface area contributed by atoms with Crippen molar-refractivity contribution in [2.45, 2.75) is 31.6 Å². The molecule has 5 heteroatoms. The average molecular weight is 272 g/mol. The second kappa shape index (κ2) is 5.07. The summed E-state index contributed by atoms with van der Waals surface area (Å²) in [4.78, 5) is 15.0. The first kappa shape index (κ1) is 12.8. The van der Waals surface area contributed by atoms with Gasteiger partial charge < -0.3 is 4.74 Å². The normalized spacial score (nSPS) is 15.7. The molecule has 1 aliphatic carbocycles. The number of rotatable bonds is 3. The van der Waals surface area contributed by atoms with E-state index in [0.29, 0.717) is 17.2 Å². The summed E-state index contributed by atoms with van der Waals surface area (Å²) in [6.45, 7) is 0. The maximum atomic E-state index is 11.2. The van der Waals surface area contributed by atoms with E-state index >= 15 is 0 Å². The summed E-state index contributed by atoms with van der Waals surface area (Å²) in [6, 6.07) is 5.25. The highest BCUT2D eigenvalue weighted by Crippen LogP contribution is 2.44. The fraction of sp³-hybridized carbons (Fsp3) is 0.400. The van der Waals surface area contributed by atoms with Gasteiger partial charge in [0.25, 0.3) is 5.69 Å². The molecule has 0 spiro atoms. The summed E-state index contributed by atoms with van der Waals surface area (Å²) in [5.41, 5.74) is 1.55. The Labute approximate surface area is 116 Å². The lowest BCUT2D eigenvalue weighted by atomic mass is 9.92. The molecular weight excluding hydrogens is 256 g/mol. The number of aromatic nitrogens is 1. The van der Waals surface area contributed by atoms with Crippen molar-refractivity contribution in [1.82, 2.24) is 4.98 Å². The van der Waals surface area contributed by atoms with Gasteiger partial charge in [-0.05, 0) is 24.8 Å². The van der Waals surface area contributed by atoms with Gasteiger partial charge >= 0.3 is 0 Å². The molecule has 1 aromatic heterocycles. The molecule has 104 valence electrons. The molecule has 0 radical (unpaired) electrons. The van der Waals surface area contributed by atoms with E-state index in [0.717, 1.165) is 23.8 Å². The Morgan fingerprint density at radius 1 is 1.40 bits per heavy atom. The zero-order valence-corrected chi connectivity index (χ0v) is 11.3. The number of nitro benzene ring substituents is 1. The van der Waals surface area contributed by atoms with Crippen molar-refractivity contribution in [1.29, 1.82) is 0 Å². The van der Waals surface area contributed by atoms with Crippen molar-refractivity contribution in [2.75, 3.05) is 7.11 Å². The highest BCUT2D eigenvalue weighted by Gasteiger charge is 2.27. The quantitative estimate of drug-likeness (QED) is 0.629. The Balaban J connectivity index is 2.32. The first-order chi connectivity index (χ1) is 9.72. The standard InChI is InChI=1S/C15H16N2O3/c1-20-13-9-12(17(18)19)15-11(7-4-8-16-15)14(13)10-5-2-3-6-10/h4,7-10H,2-3,5-6H2,1H3. The molecule has 20 heavy (non-hydrogen) atoms. The van der Waals surface area contributed by atoms with Gasteiger partial charge in [0.15, 0.2) is 0 Å². The van der Waals surface area contributed by atoms with E-state index in [1.807, 2.05) is 12.1 Å². The number of nitrogens with zero attached hydrogens (tertiary/aromatic N) is 2. The predicted octanol–water partition coefficient (Wildman–Crippen LogP) is 3.81. The molecule has 0 atom stereocenters. The number of benzene rings is 1. The molecular formula is C15H16N2O3. The summed E-state index contributed by atoms with van der Waals surface area (Å²) in [5, 5.41) is 12.1. The molecule has 3 rings (SSSR count). The van der Waals surface area contributed by atoms with Gasteiger partial charge in [-0.25, -0.2) is 4.98 Å². The summed E-state index contributed by atoms with van der Waals surface area (Å²) >= 11 is 0. The van der Waals surface area contributed by atoms with E-state index in [1.165, 1.54) is 18.9 Å². The van der Waals surface area contributed by atoms with Crippen LogP contribution in [0.3, 0.4) is 0 Å². The lowest BCUT2D eigenvalue weighted by Gasteiger charge is -2.17. The Hall–Kier alpha value is -2.17. The number of fused-ring (bicyclic) bond motifs is 1. The van der Waals surface area contributed by atoms with Gasteiger partial charge in [-0.2, -0.15) is 0 Å². The molecule has 0 unspecified atom stereocenters. The Bertz CT molecular complexity index is 663. The summed E-state index contributed by atoms with van der Waals surface area (Å²) < 4.78 is 5.42. The van der Waals surface area contributed by atoms with Crippen LogP contribution >= 0.6 is 0 Å². The fourth-order valence-corrected chi connectivity index (χ4v) is 3.17. The monoisotopic (exact) mass is 272 g/mol. The smallest absolute Gasteiger partial charge is 0.299 e. The van der Waals surface area contributed by atoms with Gasteiger partial charge in [0.1, 0.15) is 11.3 Å². The lowest BCUT2D eigenvalue weighted by Crippen LogP contribution is -2.02. The molecule has 2 aromatic rings. The molecule has 0 N–H and O–H groups in total. The SMILES string of the molecule is COc1cc([N+](=O)[O-])c2ncccc2c1C1CCCC1. The predicted molar refractivity (Wildman–Crippen MR) is 76.2 cm³/mol. The van der Waals surface area contributed by atoms with E-state index in [2.05, 4.69) is 4.98 Å². The van der Waals surface area contributed by atoms with Crippen molar-refractivity contribution in [2.24, 2.45) is 0 Å². The van der Waals surface area contributed by atoms with Crippen LogP contribution in [0.4, 0.5) is 5.69 Å². The zero-order chi connectivity index (χ0) is 14.1. The van der Waals surface area contributed by atoms with Crippen molar-refractivity contribution in [3.63, 3.8) is 0 Å². The van der Waals surface area contributed by atoms with Gasteiger partial charge in [0.05, 0.1) is 18.1 Å². The van der Waals surface area contributed by atoms with Crippen LogP contribution in [0, 0.1) is 10.1 Å². The molecule has 1 aromatic carbocycles. The summed E-state index contributed by atoms with van der Waals surface area (Å²) in [5.74, 6) is 1.03. The van der Waals surface area contributed by atoms with Crippen molar-refractivity contribution >= 4 is 16.6 Å². The number of pyridine rings is 1. The third-order valence-corrected chi connectivity index (χ3v) is 4.05. The third-order valence-electron chi connectivity index (χ3n) is 4.05. The first-order valence-corrected chi connectivity index (χ1v) is 6.82. The van der Waals surface area contributed by atoms with Crippen LogP contribution in [-0.4, -0.2) is 17.0 Å². The second-order valence-corrected chi connectivity index (χ2v) is 5.15. The Morgan fingerprint density at radius 3 is 2.80 bits per heavy atom. The third kappa shape index (κ3) is 1.99. The van der Waals surface area contributed by atoms with Crippen LogP contribution in [0.5, 0.6) is 5.75 Å². The van der Waals surface area contributed by atoms with Gasteiger partial charge in [-0.15, -0.1) is 0 Å². The largest absolute Gasteiger partial charge is 0.496 e. The van der Waals surface area contributed by atoms with E-state index < -0.39 is 4.92 Å². The highest BCUT2D eigenvalue weighted by atomic mass is 16.6. The van der Waals surface area contributed by atoms with Gasteiger partial charge in [0, 0.05) is 17.1 Å². The number of hydrogen-bond acceptors (Lipinski definition) is 4. The van der Waals surface area contributed by atoms with E-state index in [4.69, 9.17) is 4.74 Å². The van der Waals surface area contributed by atoms with Crippen molar-refractivity contribution < 1.29 is 9.66 Å². The average Bonchev–Trinajstić information content (AvgIpc) is 2.99. The van der Waals surface area contributed by atoms with Crippen LogP contribution < -0.4 is 4.74 Å². The second-order valence-electron chi connectivity index (χ2n) is 5.15. The van der Waals surface area contributed by atoms with E-state index in [-0.39, 0.29) is 5.69 Å². The van der Waals surface area contributed by atoms with Crippen LogP contribution in [0.2, 0.25) is 0 Å². The minimum absolute atomic E-state index is 0.0131. The number of ether oxygens (including phenoxy) is 1. The maximum absolute atomic E-state index is 11.2. The summed E-state index contributed by atoms with van der Waals surface area (Å²) in [7, 11) is 1.57. The van der Waals surface area contributed by atoms with Crippen LogP contribution in [-0.2, 0) is 0 Å². The number of methoxy groups -OCH3 is 1. The van der Waals surface area contributed by atoms with Gasteiger partial charge in [-0.3, -0.25) is 10.1 Å². The molecule has 0 amide bonds. The first-order valence-electron chi connectivity index (χ1n) is 6.82. The molecule has 1 saturated carbocycles. The molecule has 5 nitrogen and oxygen atoms in total. The number of nitro groups is 1. The number of non-ortho nitro benzene ring substituents is 1. The number of hydrogen-bond donors (Lipinski definition) is 0. The Kier molecular flexibility index (Phi) is 3.26. The topological polar surface area (TPSA) is 65.3 Å². The molecule has 1 aliphatic rings. The van der Waals surface area contributed by atoms with Crippen molar-refractivity contribution in [3.8, 4) is 5.75 Å². The Morgan fingerprint density at radius 2 is 2.15 bits per heavy atom. The molecule has 1 fully saturated rings. The van der Waals surface area contributed by atoms with E-state index in [9.17, 15) is 10.1 Å². The van der Waals surface area contributed by atoms with Gasteiger partial charge in [0.2, 0.25) is 0 Å². The summed E-state index contributed by atoms with van der Waals surface area (Å²) in [6.07, 6.45) is 6.22. The molecule has 1 heterocycles. The fourth-order valence-electron chi connectivity index (χ4n) is 3.17. The molecule has 0 aliphatic heterocycles. The van der Waals surface area contributed by atoms with Crippen LogP contribution in [0.1, 0.15) is 37.2 Å². The minimum Gasteiger partial charge on any atom is -0.496 e. The zero-order valence-electron chi connectivity index (χ0n) is 11.3. The highest BCUT2D eigenvalue weighted by molar-refractivity contribution is 5.92. The molecule has 0 saturated heterocycles. The van der Waals surface area contributed by atoms with Crippen molar-refractivity contribution in [3.05, 3.63) is 40.1 Å². The molecule has 0 bridgehead atoms.